The Labute approximate surface area is 121 Å². The molecule has 0 bridgehead atoms. The minimum absolute atomic E-state index is 0.303. The monoisotopic (exact) mass is 285 g/mol. The number of benzene rings is 1. The second-order valence-corrected chi connectivity index (χ2v) is 5.10. The molecule has 1 aromatic heterocycles. The number of nitrogens with zero attached hydrogens (tertiary/aromatic N) is 3. The number of carboxylic acid groups (broad SMARTS) is 1. The third-order valence-electron chi connectivity index (χ3n) is 3.83. The quantitative estimate of drug-likeness (QED) is 0.895. The number of aliphatic carboxylic acids is 1. The maximum Gasteiger partial charge on any atom is 0.326 e. The number of aromatic nitrogens is 2. The summed E-state index contributed by atoms with van der Waals surface area (Å²) in [6, 6.07) is 8.38. The summed E-state index contributed by atoms with van der Waals surface area (Å²) in [4.78, 5) is 25.5. The molecule has 0 spiro atoms. The molecular weight excluding hydrogens is 270 g/mol. The van der Waals surface area contributed by atoms with Crippen LogP contribution in [0.1, 0.15) is 21.6 Å². The highest BCUT2D eigenvalue weighted by atomic mass is 16.4. The molecule has 21 heavy (non-hydrogen) atoms. The molecule has 0 saturated heterocycles. The Hall–Kier alpha value is -2.63. The first-order chi connectivity index (χ1) is 10.1. The molecule has 6 heteroatoms. The molecule has 6 nitrogen and oxygen atoms in total. The lowest BCUT2D eigenvalue weighted by Gasteiger charge is -2.34. The van der Waals surface area contributed by atoms with Gasteiger partial charge in [0.25, 0.3) is 5.91 Å². The summed E-state index contributed by atoms with van der Waals surface area (Å²) >= 11 is 0. The van der Waals surface area contributed by atoms with Crippen molar-refractivity contribution in [3.8, 4) is 0 Å². The first kappa shape index (κ1) is 13.4. The Morgan fingerprint density at radius 3 is 2.57 bits per heavy atom. The number of aryl methyl sites for hydroxylation is 1. The van der Waals surface area contributed by atoms with Gasteiger partial charge in [-0.3, -0.25) is 9.48 Å². The van der Waals surface area contributed by atoms with Gasteiger partial charge in [0, 0.05) is 26.2 Å². The zero-order valence-electron chi connectivity index (χ0n) is 11.6. The van der Waals surface area contributed by atoms with Crippen LogP contribution in [0.5, 0.6) is 0 Å². The third-order valence-corrected chi connectivity index (χ3v) is 3.83. The van der Waals surface area contributed by atoms with E-state index in [0.717, 1.165) is 11.1 Å². The third kappa shape index (κ3) is 2.29. The van der Waals surface area contributed by atoms with Gasteiger partial charge in [-0.1, -0.05) is 24.3 Å². The Balaban J connectivity index is 1.98. The lowest BCUT2D eigenvalue weighted by Crippen LogP contribution is -2.49. The van der Waals surface area contributed by atoms with Crippen LogP contribution in [0, 0.1) is 0 Å². The summed E-state index contributed by atoms with van der Waals surface area (Å²) in [5, 5.41) is 13.4. The molecular formula is C15H15N3O3. The fraction of sp³-hybridized carbons (Fsp3) is 0.267. The van der Waals surface area contributed by atoms with Crippen molar-refractivity contribution in [1.82, 2.24) is 14.7 Å². The van der Waals surface area contributed by atoms with Crippen molar-refractivity contribution in [1.29, 1.82) is 0 Å². The fourth-order valence-corrected chi connectivity index (χ4v) is 2.69. The number of hydrogen-bond donors (Lipinski definition) is 1. The molecule has 2 aromatic rings. The van der Waals surface area contributed by atoms with Crippen LogP contribution < -0.4 is 0 Å². The molecule has 1 atom stereocenters. The molecule has 1 amide bonds. The van der Waals surface area contributed by atoms with Gasteiger partial charge in [-0.15, -0.1) is 0 Å². The van der Waals surface area contributed by atoms with E-state index in [1.807, 2.05) is 24.3 Å². The maximum absolute atomic E-state index is 12.6. The number of carbonyl (C=O) groups excluding carboxylic acids is 1. The number of amides is 1. The van der Waals surface area contributed by atoms with Gasteiger partial charge < -0.3 is 10.0 Å². The van der Waals surface area contributed by atoms with Crippen molar-refractivity contribution >= 4 is 11.9 Å². The molecule has 1 aliphatic heterocycles. The molecule has 108 valence electrons. The highest BCUT2D eigenvalue weighted by molar-refractivity contribution is 5.95. The van der Waals surface area contributed by atoms with Crippen LogP contribution >= 0.6 is 0 Å². The molecule has 1 N–H and O–H groups in total. The summed E-state index contributed by atoms with van der Waals surface area (Å²) in [6.45, 7) is 0.303. The number of fused-ring (bicyclic) bond motifs is 1. The standard InChI is InChI=1S/C15H15N3O3/c1-17-12(6-7-16-17)14(19)18-9-11-5-3-2-4-10(11)8-13(18)15(20)21/h2-7,13H,8-9H2,1H3,(H,20,21). The molecule has 0 aliphatic carbocycles. The van der Waals surface area contributed by atoms with E-state index in [9.17, 15) is 14.7 Å². The molecule has 1 aliphatic rings. The smallest absolute Gasteiger partial charge is 0.326 e. The van der Waals surface area contributed by atoms with Gasteiger partial charge >= 0.3 is 5.97 Å². The maximum atomic E-state index is 12.6. The lowest BCUT2D eigenvalue weighted by atomic mass is 9.93. The van der Waals surface area contributed by atoms with Crippen LogP contribution in [0.4, 0.5) is 0 Å². The second kappa shape index (κ2) is 5.05. The van der Waals surface area contributed by atoms with Gasteiger partial charge in [-0.05, 0) is 17.2 Å². The van der Waals surface area contributed by atoms with E-state index < -0.39 is 12.0 Å². The van der Waals surface area contributed by atoms with E-state index in [0.29, 0.717) is 18.7 Å². The first-order valence-electron chi connectivity index (χ1n) is 6.66. The molecule has 0 saturated carbocycles. The fourth-order valence-electron chi connectivity index (χ4n) is 2.69. The van der Waals surface area contributed by atoms with E-state index in [1.54, 1.807) is 13.1 Å². The Bertz CT molecular complexity index is 708. The number of hydrogen-bond acceptors (Lipinski definition) is 3. The van der Waals surface area contributed by atoms with Crippen LogP contribution in [-0.4, -0.2) is 37.7 Å². The minimum Gasteiger partial charge on any atom is -0.480 e. The molecule has 0 fully saturated rings. The first-order valence-corrected chi connectivity index (χ1v) is 6.66. The highest BCUT2D eigenvalue weighted by Crippen LogP contribution is 2.25. The Morgan fingerprint density at radius 1 is 1.24 bits per heavy atom. The van der Waals surface area contributed by atoms with E-state index in [-0.39, 0.29) is 5.91 Å². The molecule has 0 radical (unpaired) electrons. The number of rotatable bonds is 2. The highest BCUT2D eigenvalue weighted by Gasteiger charge is 2.35. The van der Waals surface area contributed by atoms with E-state index in [2.05, 4.69) is 5.10 Å². The number of carbonyl (C=O) groups is 2. The summed E-state index contributed by atoms with van der Waals surface area (Å²) in [7, 11) is 1.67. The van der Waals surface area contributed by atoms with E-state index >= 15 is 0 Å². The molecule has 1 aromatic carbocycles. The molecule has 2 heterocycles. The Morgan fingerprint density at radius 2 is 1.95 bits per heavy atom. The van der Waals surface area contributed by atoms with Crippen LogP contribution in [0.15, 0.2) is 36.5 Å². The zero-order valence-corrected chi connectivity index (χ0v) is 11.6. The predicted molar refractivity (Wildman–Crippen MR) is 74.7 cm³/mol. The van der Waals surface area contributed by atoms with Crippen LogP contribution in [0.3, 0.4) is 0 Å². The van der Waals surface area contributed by atoms with Gasteiger partial charge in [0.1, 0.15) is 11.7 Å². The summed E-state index contributed by atoms with van der Waals surface area (Å²) in [5.74, 6) is -1.29. The zero-order chi connectivity index (χ0) is 15.0. The second-order valence-electron chi connectivity index (χ2n) is 5.10. The number of carboxylic acids is 1. The minimum atomic E-state index is -0.986. The van der Waals surface area contributed by atoms with Crippen molar-refractivity contribution in [3.05, 3.63) is 53.3 Å². The van der Waals surface area contributed by atoms with Crippen molar-refractivity contribution < 1.29 is 14.7 Å². The van der Waals surface area contributed by atoms with Gasteiger partial charge in [0.15, 0.2) is 0 Å². The Kier molecular flexibility index (Phi) is 3.21. The summed E-state index contributed by atoms with van der Waals surface area (Å²) in [6.07, 6.45) is 1.86. The normalized spacial score (nSPS) is 17.4. The molecule has 3 rings (SSSR count). The van der Waals surface area contributed by atoms with Crippen molar-refractivity contribution in [2.45, 2.75) is 19.0 Å². The summed E-state index contributed by atoms with van der Waals surface area (Å²) in [5.41, 5.74) is 2.37. The van der Waals surface area contributed by atoms with Crippen LogP contribution in [-0.2, 0) is 24.8 Å². The SMILES string of the molecule is Cn1nccc1C(=O)N1Cc2ccccc2CC1C(=O)O. The van der Waals surface area contributed by atoms with E-state index in [1.165, 1.54) is 15.8 Å². The van der Waals surface area contributed by atoms with Gasteiger partial charge in [-0.25, -0.2) is 4.79 Å². The van der Waals surface area contributed by atoms with Gasteiger partial charge in [0.2, 0.25) is 0 Å². The lowest BCUT2D eigenvalue weighted by molar-refractivity contribution is -0.142. The average Bonchev–Trinajstić information content (AvgIpc) is 2.91. The predicted octanol–water partition coefficient (Wildman–Crippen LogP) is 1.07. The largest absolute Gasteiger partial charge is 0.480 e. The molecule has 1 unspecified atom stereocenters. The van der Waals surface area contributed by atoms with Crippen LogP contribution in [0.2, 0.25) is 0 Å². The topological polar surface area (TPSA) is 75.4 Å². The average molecular weight is 285 g/mol. The van der Waals surface area contributed by atoms with Crippen molar-refractivity contribution in [2.24, 2.45) is 7.05 Å². The van der Waals surface area contributed by atoms with Crippen molar-refractivity contribution in [2.75, 3.05) is 0 Å². The van der Waals surface area contributed by atoms with Gasteiger partial charge in [-0.2, -0.15) is 5.10 Å². The van der Waals surface area contributed by atoms with E-state index in [4.69, 9.17) is 0 Å². The van der Waals surface area contributed by atoms with Gasteiger partial charge in [0.05, 0.1) is 0 Å². The van der Waals surface area contributed by atoms with Crippen molar-refractivity contribution in [3.63, 3.8) is 0 Å². The van der Waals surface area contributed by atoms with Crippen LogP contribution in [0.25, 0.3) is 0 Å². The summed E-state index contributed by atoms with van der Waals surface area (Å²) < 4.78 is 1.46.